The molecule has 4 rings (SSSR count). The predicted octanol–water partition coefficient (Wildman–Crippen LogP) is 5.22. The molecule has 5 nitrogen and oxygen atoms in total. The highest BCUT2D eigenvalue weighted by atomic mass is 32.2. The zero-order valence-electron chi connectivity index (χ0n) is 16.9. The number of thioether (sulfide) groups is 1. The van der Waals surface area contributed by atoms with Crippen molar-refractivity contribution < 1.29 is 9.59 Å². The van der Waals surface area contributed by atoms with E-state index in [-0.39, 0.29) is 24.2 Å². The summed E-state index contributed by atoms with van der Waals surface area (Å²) < 4.78 is 0.926. The Morgan fingerprint density at radius 1 is 1.20 bits per heavy atom. The van der Waals surface area contributed by atoms with Crippen molar-refractivity contribution in [1.82, 2.24) is 4.98 Å². The van der Waals surface area contributed by atoms with Gasteiger partial charge in [0.2, 0.25) is 11.8 Å². The lowest BCUT2D eigenvalue weighted by molar-refractivity contribution is -0.122. The van der Waals surface area contributed by atoms with Crippen LogP contribution in [-0.2, 0) is 9.59 Å². The van der Waals surface area contributed by atoms with E-state index in [1.165, 1.54) is 11.3 Å². The van der Waals surface area contributed by atoms with Gasteiger partial charge in [0.25, 0.3) is 0 Å². The van der Waals surface area contributed by atoms with Crippen LogP contribution < -0.4 is 10.2 Å². The second-order valence-electron chi connectivity index (χ2n) is 7.19. The molecule has 1 unspecified atom stereocenters. The Balaban J connectivity index is 1.52. The molecular formula is C23H23N3O2S2. The second-order valence-corrected chi connectivity index (χ2v) is 9.70. The molecule has 1 atom stereocenters. The van der Waals surface area contributed by atoms with Crippen molar-refractivity contribution in [3.63, 3.8) is 0 Å². The van der Waals surface area contributed by atoms with E-state index in [0.29, 0.717) is 6.54 Å². The highest BCUT2D eigenvalue weighted by Gasteiger charge is 2.35. The van der Waals surface area contributed by atoms with E-state index < -0.39 is 0 Å². The van der Waals surface area contributed by atoms with Crippen LogP contribution >= 0.6 is 23.1 Å². The summed E-state index contributed by atoms with van der Waals surface area (Å²) in [4.78, 5) is 32.0. The van der Waals surface area contributed by atoms with Gasteiger partial charge in [0.15, 0.2) is 4.34 Å². The summed E-state index contributed by atoms with van der Waals surface area (Å²) in [5, 5.41) is 3.80. The fraction of sp³-hybridized carbons (Fsp3) is 0.261. The largest absolute Gasteiger partial charge is 0.316 e. The summed E-state index contributed by atoms with van der Waals surface area (Å²) in [5.74, 6) is 0.380. The number of nitrogens with one attached hydrogen (secondary N) is 1. The van der Waals surface area contributed by atoms with Crippen molar-refractivity contribution in [3.05, 3.63) is 60.2 Å². The van der Waals surface area contributed by atoms with Gasteiger partial charge in [-0.05, 0) is 24.8 Å². The van der Waals surface area contributed by atoms with Gasteiger partial charge < -0.3 is 10.2 Å². The van der Waals surface area contributed by atoms with E-state index in [0.717, 1.165) is 37.6 Å². The van der Waals surface area contributed by atoms with E-state index in [1.54, 1.807) is 16.7 Å². The summed E-state index contributed by atoms with van der Waals surface area (Å²) in [6.45, 7) is 4.48. The Labute approximate surface area is 184 Å². The normalized spacial score (nSPS) is 16.1. The maximum Gasteiger partial charge on any atom is 0.230 e. The molecule has 30 heavy (non-hydrogen) atoms. The number of benzene rings is 2. The zero-order valence-corrected chi connectivity index (χ0v) is 18.6. The van der Waals surface area contributed by atoms with Gasteiger partial charge in [-0.15, -0.1) is 0 Å². The first-order valence-electron chi connectivity index (χ1n) is 9.92. The number of carbonyl (C=O) groups excluding carboxylic acids is 2. The summed E-state index contributed by atoms with van der Waals surface area (Å²) >= 11 is 3.14. The average molecular weight is 438 g/mol. The van der Waals surface area contributed by atoms with Crippen LogP contribution in [0.25, 0.3) is 11.3 Å². The van der Waals surface area contributed by atoms with Crippen LogP contribution in [0.5, 0.6) is 0 Å². The maximum absolute atomic E-state index is 13.0. The van der Waals surface area contributed by atoms with Gasteiger partial charge in [-0.3, -0.25) is 9.59 Å². The maximum atomic E-state index is 13.0. The van der Waals surface area contributed by atoms with Crippen LogP contribution in [-0.4, -0.2) is 29.1 Å². The molecule has 2 aromatic carbocycles. The number of aromatic nitrogens is 1. The average Bonchev–Trinajstić information content (AvgIpc) is 3.33. The fourth-order valence-corrected chi connectivity index (χ4v) is 5.40. The number of hydrogen-bond donors (Lipinski definition) is 1. The summed E-state index contributed by atoms with van der Waals surface area (Å²) in [6, 6.07) is 17.7. The number of amides is 2. The molecule has 1 fully saturated rings. The van der Waals surface area contributed by atoms with Crippen LogP contribution in [0.1, 0.15) is 18.9 Å². The Kier molecular flexibility index (Phi) is 6.20. The molecule has 0 aliphatic carbocycles. The first-order valence-corrected chi connectivity index (χ1v) is 11.7. The monoisotopic (exact) mass is 437 g/mol. The summed E-state index contributed by atoms with van der Waals surface area (Å²) in [7, 11) is 0. The van der Waals surface area contributed by atoms with Crippen LogP contribution in [0, 0.1) is 12.8 Å². The van der Waals surface area contributed by atoms with Crippen LogP contribution in [0.2, 0.25) is 0 Å². The molecule has 2 heterocycles. The zero-order chi connectivity index (χ0) is 21.1. The van der Waals surface area contributed by atoms with Crippen molar-refractivity contribution in [2.24, 2.45) is 5.92 Å². The van der Waals surface area contributed by atoms with E-state index >= 15 is 0 Å². The third-order valence-electron chi connectivity index (χ3n) is 5.00. The molecular weight excluding hydrogens is 414 g/mol. The van der Waals surface area contributed by atoms with Gasteiger partial charge in [-0.25, -0.2) is 4.98 Å². The molecule has 7 heteroatoms. The van der Waals surface area contributed by atoms with Gasteiger partial charge in [-0.2, -0.15) is 0 Å². The Bertz CT molecular complexity index is 1050. The highest BCUT2D eigenvalue weighted by Crippen LogP contribution is 2.38. The minimum atomic E-state index is -0.383. The topological polar surface area (TPSA) is 62.3 Å². The molecule has 0 bridgehead atoms. The van der Waals surface area contributed by atoms with Crippen molar-refractivity contribution in [2.45, 2.75) is 24.6 Å². The third-order valence-corrected chi connectivity index (χ3v) is 7.00. The quantitative estimate of drug-likeness (QED) is 0.537. The Morgan fingerprint density at radius 2 is 1.93 bits per heavy atom. The molecule has 1 saturated heterocycles. The lowest BCUT2D eigenvalue weighted by Gasteiger charge is -2.17. The molecule has 154 valence electrons. The van der Waals surface area contributed by atoms with Gasteiger partial charge >= 0.3 is 0 Å². The molecule has 0 saturated carbocycles. The van der Waals surface area contributed by atoms with Crippen LogP contribution in [0.3, 0.4) is 0 Å². The van der Waals surface area contributed by atoms with E-state index in [1.807, 2.05) is 61.5 Å². The Hall–Kier alpha value is -2.64. The van der Waals surface area contributed by atoms with Gasteiger partial charge in [-0.1, -0.05) is 78.1 Å². The minimum Gasteiger partial charge on any atom is -0.316 e. The molecule has 1 N–H and O–H groups in total. The molecule has 0 spiro atoms. The van der Waals surface area contributed by atoms with Gasteiger partial charge in [0.1, 0.15) is 10.7 Å². The van der Waals surface area contributed by atoms with Gasteiger partial charge in [0.05, 0.1) is 5.92 Å². The van der Waals surface area contributed by atoms with E-state index in [4.69, 9.17) is 4.98 Å². The lowest BCUT2D eigenvalue weighted by atomic mass is 10.1. The number of anilines is 2. The molecule has 0 radical (unpaired) electrons. The lowest BCUT2D eigenvalue weighted by Crippen LogP contribution is -2.28. The molecule has 3 aromatic rings. The van der Waals surface area contributed by atoms with Crippen molar-refractivity contribution >= 4 is 45.6 Å². The first-order chi connectivity index (χ1) is 14.5. The molecule has 1 aromatic heterocycles. The standard InChI is InChI=1S/C23H23N3O2S2/c1-3-29-23-24-20(16-7-5-4-6-8-16)22(30-23)25-21(28)17-13-19(27)26(14-17)18-11-9-15(2)10-12-18/h4-12,17H,3,13-14H2,1-2H3,(H,25,28). The summed E-state index contributed by atoms with van der Waals surface area (Å²) in [6.07, 6.45) is 0.218. The minimum absolute atomic E-state index is 0.0196. The molecule has 1 aliphatic rings. The Morgan fingerprint density at radius 3 is 2.63 bits per heavy atom. The predicted molar refractivity (Wildman–Crippen MR) is 124 cm³/mol. The van der Waals surface area contributed by atoms with Crippen molar-refractivity contribution in [1.29, 1.82) is 0 Å². The number of hydrogen-bond acceptors (Lipinski definition) is 5. The van der Waals surface area contributed by atoms with E-state index in [9.17, 15) is 9.59 Å². The third kappa shape index (κ3) is 4.42. The smallest absolute Gasteiger partial charge is 0.230 e. The summed E-state index contributed by atoms with van der Waals surface area (Å²) in [5.41, 5.74) is 3.73. The van der Waals surface area contributed by atoms with Crippen molar-refractivity contribution in [2.75, 3.05) is 22.5 Å². The molecule has 1 aliphatic heterocycles. The number of thiazole rings is 1. The van der Waals surface area contributed by atoms with Gasteiger partial charge in [0, 0.05) is 24.2 Å². The SMILES string of the molecule is CCSc1nc(-c2ccccc2)c(NC(=O)C2CC(=O)N(c3ccc(C)cc3)C2)s1. The molecule has 2 amide bonds. The fourth-order valence-electron chi connectivity index (χ4n) is 3.43. The number of aryl methyl sites for hydroxylation is 1. The highest BCUT2D eigenvalue weighted by molar-refractivity contribution is 8.01. The van der Waals surface area contributed by atoms with Crippen LogP contribution in [0.15, 0.2) is 58.9 Å². The second kappa shape index (κ2) is 9.02. The number of nitrogens with zero attached hydrogens (tertiary/aromatic N) is 2. The first kappa shape index (κ1) is 20.6. The van der Waals surface area contributed by atoms with Crippen LogP contribution in [0.4, 0.5) is 10.7 Å². The number of rotatable bonds is 6. The van der Waals surface area contributed by atoms with E-state index in [2.05, 4.69) is 12.2 Å². The number of carbonyl (C=O) groups is 2. The van der Waals surface area contributed by atoms with Crippen molar-refractivity contribution in [3.8, 4) is 11.3 Å².